The fourth-order valence-corrected chi connectivity index (χ4v) is 4.43. The van der Waals surface area contributed by atoms with Crippen molar-refractivity contribution in [3.8, 4) is 5.13 Å². The number of nitrogens with one attached hydrogen (secondary N) is 1. The number of carboxylic acid groups (broad SMARTS) is 1. The lowest BCUT2D eigenvalue weighted by Gasteiger charge is -2.39. The Kier molecular flexibility index (Phi) is 4.93. The first-order chi connectivity index (χ1) is 15.8. The quantitative estimate of drug-likeness (QED) is 0.454. The van der Waals surface area contributed by atoms with Gasteiger partial charge in [-0.1, -0.05) is 0 Å². The molecule has 0 aliphatic carbocycles. The number of hydrogen-bond donors (Lipinski definition) is 2. The highest BCUT2D eigenvalue weighted by molar-refractivity contribution is 7.12. The monoisotopic (exact) mass is 465 g/mol. The zero-order chi connectivity index (χ0) is 23.3. The van der Waals surface area contributed by atoms with Gasteiger partial charge in [-0.3, -0.25) is 18.8 Å². The third-order valence-corrected chi connectivity index (χ3v) is 6.31. The Labute approximate surface area is 190 Å². The van der Waals surface area contributed by atoms with Crippen molar-refractivity contribution >= 4 is 45.9 Å². The molecule has 11 nitrogen and oxygen atoms in total. The molecule has 0 bridgehead atoms. The van der Waals surface area contributed by atoms with Crippen LogP contribution in [0.3, 0.4) is 0 Å². The molecule has 0 aromatic carbocycles. The van der Waals surface area contributed by atoms with Gasteiger partial charge >= 0.3 is 5.97 Å². The maximum absolute atomic E-state index is 12.9. The predicted molar refractivity (Wildman–Crippen MR) is 122 cm³/mol. The van der Waals surface area contributed by atoms with Crippen LogP contribution in [0.1, 0.15) is 15.9 Å². The second kappa shape index (κ2) is 7.81. The van der Waals surface area contributed by atoms with Gasteiger partial charge < -0.3 is 15.3 Å². The summed E-state index contributed by atoms with van der Waals surface area (Å²) in [5, 5.41) is 19.0. The lowest BCUT2D eigenvalue weighted by Crippen LogP contribution is -2.52. The third-order valence-electron chi connectivity index (χ3n) is 5.54. The van der Waals surface area contributed by atoms with E-state index in [1.807, 2.05) is 4.90 Å². The van der Waals surface area contributed by atoms with Gasteiger partial charge in [0.25, 0.3) is 0 Å². The number of fused-ring (bicyclic) bond motifs is 1. The van der Waals surface area contributed by atoms with Gasteiger partial charge in [0.2, 0.25) is 11.3 Å². The van der Waals surface area contributed by atoms with E-state index in [-0.39, 0.29) is 22.8 Å². The van der Waals surface area contributed by atoms with Crippen LogP contribution in [-0.4, -0.2) is 54.4 Å². The molecule has 0 saturated carbocycles. The summed E-state index contributed by atoms with van der Waals surface area (Å²) in [5.41, 5.74) is 0.00904. The van der Waals surface area contributed by atoms with Crippen molar-refractivity contribution in [2.45, 2.75) is 6.92 Å². The van der Waals surface area contributed by atoms with E-state index in [1.54, 1.807) is 48.6 Å². The molecule has 0 radical (unpaired) electrons. The van der Waals surface area contributed by atoms with Crippen molar-refractivity contribution in [2.24, 2.45) is 13.0 Å². The van der Waals surface area contributed by atoms with E-state index in [0.29, 0.717) is 41.1 Å². The molecule has 5 rings (SSSR count). The van der Waals surface area contributed by atoms with Crippen LogP contribution in [0.25, 0.3) is 16.2 Å². The normalized spacial score (nSPS) is 13.8. The number of anilines is 2. The highest BCUT2D eigenvalue weighted by atomic mass is 32.1. The van der Waals surface area contributed by atoms with Gasteiger partial charge in [0, 0.05) is 50.2 Å². The Balaban J connectivity index is 1.48. The summed E-state index contributed by atoms with van der Waals surface area (Å²) in [6.07, 6.45) is 4.62. The lowest BCUT2D eigenvalue weighted by atomic mass is 9.98. The minimum absolute atomic E-state index is 0.117. The molecule has 1 fully saturated rings. The third kappa shape index (κ3) is 3.63. The van der Waals surface area contributed by atoms with Gasteiger partial charge in [-0.25, -0.2) is 14.8 Å². The van der Waals surface area contributed by atoms with Gasteiger partial charge in [-0.15, -0.1) is 11.3 Å². The number of carbonyl (C=O) groups is 2. The largest absolute Gasteiger partial charge is 0.477 e. The first kappa shape index (κ1) is 20.8. The van der Waals surface area contributed by atoms with Crippen LogP contribution in [0, 0.1) is 12.8 Å². The number of rotatable bonds is 5. The molecule has 1 amide bonds. The summed E-state index contributed by atoms with van der Waals surface area (Å²) in [7, 11) is 1.78. The van der Waals surface area contributed by atoms with Crippen LogP contribution in [0.5, 0.6) is 0 Å². The van der Waals surface area contributed by atoms with Crippen molar-refractivity contribution in [1.29, 1.82) is 0 Å². The SMILES string of the molecule is Cc1cc(N2CC(C(=O)Nc3ccn(C)n3)C2)nc2c1c(=O)c(C(=O)O)cn2-c1nccs1. The molecule has 12 heteroatoms. The molecule has 168 valence electrons. The second-order valence-corrected chi connectivity index (χ2v) is 8.70. The van der Waals surface area contributed by atoms with E-state index >= 15 is 0 Å². The highest BCUT2D eigenvalue weighted by Crippen LogP contribution is 2.28. The van der Waals surface area contributed by atoms with E-state index < -0.39 is 11.4 Å². The molecule has 1 aliphatic rings. The van der Waals surface area contributed by atoms with E-state index in [0.717, 1.165) is 0 Å². The zero-order valence-electron chi connectivity index (χ0n) is 17.7. The molecule has 33 heavy (non-hydrogen) atoms. The number of aryl methyl sites for hydroxylation is 2. The first-order valence-corrected chi connectivity index (χ1v) is 11.0. The standard InChI is InChI=1S/C21H19N7O4S/c1-11-7-15(27-8-12(9-27)19(30)23-14-3-5-26(2)25-14)24-18-16(11)17(29)13(20(31)32)10-28(18)21-22-4-6-33-21/h3-7,10,12H,8-9H2,1-2H3,(H,31,32)(H,23,25,30). The Hall–Kier alpha value is -4.06. The van der Waals surface area contributed by atoms with E-state index in [9.17, 15) is 19.5 Å². The Morgan fingerprint density at radius 1 is 1.30 bits per heavy atom. The minimum atomic E-state index is -1.31. The molecule has 4 aromatic heterocycles. The van der Waals surface area contributed by atoms with Crippen LogP contribution >= 0.6 is 11.3 Å². The van der Waals surface area contributed by atoms with E-state index in [1.165, 1.54) is 22.1 Å². The molecule has 1 saturated heterocycles. The number of nitrogens with zero attached hydrogens (tertiary/aromatic N) is 6. The first-order valence-electron chi connectivity index (χ1n) is 10.1. The number of pyridine rings is 2. The summed E-state index contributed by atoms with van der Waals surface area (Å²) >= 11 is 1.31. The van der Waals surface area contributed by atoms with Crippen LogP contribution in [0.4, 0.5) is 11.6 Å². The molecular weight excluding hydrogens is 446 g/mol. The molecule has 0 unspecified atom stereocenters. The van der Waals surface area contributed by atoms with Gasteiger partial charge in [0.15, 0.2) is 16.6 Å². The molecule has 0 atom stereocenters. The number of hydrogen-bond acceptors (Lipinski definition) is 8. The fourth-order valence-electron chi connectivity index (χ4n) is 3.81. The van der Waals surface area contributed by atoms with Crippen molar-refractivity contribution in [2.75, 3.05) is 23.3 Å². The van der Waals surface area contributed by atoms with Gasteiger partial charge in [-0.05, 0) is 18.6 Å². The molecule has 0 spiro atoms. The van der Waals surface area contributed by atoms with Crippen LogP contribution in [0.15, 0.2) is 40.9 Å². The van der Waals surface area contributed by atoms with Crippen molar-refractivity contribution in [3.63, 3.8) is 0 Å². The number of aromatic nitrogens is 5. The maximum atomic E-state index is 12.9. The van der Waals surface area contributed by atoms with Gasteiger partial charge in [-0.2, -0.15) is 5.10 Å². The highest BCUT2D eigenvalue weighted by Gasteiger charge is 2.34. The average Bonchev–Trinajstić information content (AvgIpc) is 3.38. The Morgan fingerprint density at radius 2 is 2.09 bits per heavy atom. The number of carboxylic acids is 1. The number of amides is 1. The molecule has 2 N–H and O–H groups in total. The lowest BCUT2D eigenvalue weighted by molar-refractivity contribution is -0.120. The predicted octanol–water partition coefficient (Wildman–Crippen LogP) is 1.66. The van der Waals surface area contributed by atoms with Crippen LogP contribution in [-0.2, 0) is 11.8 Å². The van der Waals surface area contributed by atoms with Crippen molar-refractivity contribution in [1.82, 2.24) is 24.3 Å². The van der Waals surface area contributed by atoms with Crippen LogP contribution < -0.4 is 15.6 Å². The Bertz CT molecular complexity index is 1450. The fraction of sp³-hybridized carbons (Fsp3) is 0.238. The van der Waals surface area contributed by atoms with Crippen molar-refractivity contribution in [3.05, 3.63) is 57.5 Å². The second-order valence-electron chi connectivity index (χ2n) is 7.82. The summed E-state index contributed by atoms with van der Waals surface area (Å²) in [5.74, 6) is -0.536. The summed E-state index contributed by atoms with van der Waals surface area (Å²) in [4.78, 5) is 47.9. The number of aromatic carboxylic acids is 1. The van der Waals surface area contributed by atoms with Gasteiger partial charge in [0.1, 0.15) is 11.4 Å². The van der Waals surface area contributed by atoms with Gasteiger partial charge in [0.05, 0.1) is 11.3 Å². The number of carbonyl (C=O) groups excluding carboxylic acids is 1. The van der Waals surface area contributed by atoms with E-state index in [2.05, 4.69) is 20.4 Å². The summed E-state index contributed by atoms with van der Waals surface area (Å²) < 4.78 is 3.15. The molecule has 4 aromatic rings. The summed E-state index contributed by atoms with van der Waals surface area (Å²) in [6, 6.07) is 3.47. The zero-order valence-corrected chi connectivity index (χ0v) is 18.5. The maximum Gasteiger partial charge on any atom is 0.341 e. The smallest absolute Gasteiger partial charge is 0.341 e. The topological polar surface area (TPSA) is 135 Å². The molecular formula is C21H19N7O4S. The average molecular weight is 465 g/mol. The van der Waals surface area contributed by atoms with E-state index in [4.69, 9.17) is 0 Å². The number of thiazole rings is 1. The minimum Gasteiger partial charge on any atom is -0.477 e. The molecule has 5 heterocycles. The Morgan fingerprint density at radius 3 is 2.73 bits per heavy atom. The molecule has 1 aliphatic heterocycles. The van der Waals surface area contributed by atoms with Crippen molar-refractivity contribution < 1.29 is 14.7 Å². The summed E-state index contributed by atoms with van der Waals surface area (Å²) in [6.45, 7) is 2.67. The van der Waals surface area contributed by atoms with Crippen LogP contribution in [0.2, 0.25) is 0 Å².